The first kappa shape index (κ1) is 22.1. The molecule has 2 aromatic rings. The number of nitrogens with zero attached hydrogens (tertiary/aromatic N) is 4. The van der Waals surface area contributed by atoms with Gasteiger partial charge in [-0.3, -0.25) is 9.59 Å². The van der Waals surface area contributed by atoms with Crippen LogP contribution in [0.3, 0.4) is 0 Å². The number of hydrogen-bond acceptors (Lipinski definition) is 5. The maximum Gasteiger partial charge on any atom is 0.253 e. The molecular formula is C26H34N4O3. The van der Waals surface area contributed by atoms with E-state index in [9.17, 15) is 9.59 Å². The van der Waals surface area contributed by atoms with Crippen molar-refractivity contribution in [1.29, 1.82) is 0 Å². The zero-order chi connectivity index (χ0) is 22.8. The first-order valence-electron chi connectivity index (χ1n) is 12.3. The quantitative estimate of drug-likeness (QED) is 0.715. The minimum absolute atomic E-state index is 0.0176. The van der Waals surface area contributed by atoms with Gasteiger partial charge in [-0.25, -0.2) is 4.98 Å². The highest BCUT2D eigenvalue weighted by molar-refractivity contribution is 5.94. The molecule has 0 N–H and O–H groups in total. The number of rotatable bonds is 4. The molecule has 1 aromatic carbocycles. The molecule has 1 unspecified atom stereocenters. The van der Waals surface area contributed by atoms with Crippen LogP contribution in [0.2, 0.25) is 0 Å². The molecule has 1 aromatic heterocycles. The van der Waals surface area contributed by atoms with E-state index in [4.69, 9.17) is 4.42 Å². The molecule has 0 radical (unpaired) electrons. The molecule has 7 heteroatoms. The lowest BCUT2D eigenvalue weighted by molar-refractivity contribution is -0.130. The fraction of sp³-hybridized carbons (Fsp3) is 0.577. The molecule has 3 saturated heterocycles. The van der Waals surface area contributed by atoms with Crippen molar-refractivity contribution in [2.75, 3.05) is 45.8 Å². The van der Waals surface area contributed by atoms with Crippen molar-refractivity contribution in [3.8, 4) is 0 Å². The molecular weight excluding hydrogens is 416 g/mol. The van der Waals surface area contributed by atoms with E-state index in [0.29, 0.717) is 12.5 Å². The van der Waals surface area contributed by atoms with Crippen LogP contribution in [0.1, 0.15) is 54.8 Å². The third kappa shape index (κ3) is 4.56. The summed E-state index contributed by atoms with van der Waals surface area (Å²) >= 11 is 0. The highest BCUT2D eigenvalue weighted by Crippen LogP contribution is 2.49. The highest BCUT2D eigenvalue weighted by atomic mass is 16.3. The standard InChI is InChI=1S/C26H34N4O3/c1-20(31)29-12-7-21(8-13-29)17-28-14-9-26(10-15-28)19-30(18-23(26)24-27-11-16-33-24)25(32)22-5-3-2-4-6-22/h2-6,11,16,21,23H,7-10,12-15,17-19H2,1H3. The van der Waals surface area contributed by atoms with Gasteiger partial charge in [-0.2, -0.15) is 0 Å². The fourth-order valence-corrected chi connectivity index (χ4v) is 6.12. The maximum atomic E-state index is 13.2. The number of benzene rings is 1. The summed E-state index contributed by atoms with van der Waals surface area (Å²) in [6, 6.07) is 9.58. The second kappa shape index (κ2) is 9.29. The molecule has 1 atom stereocenters. The Hall–Kier alpha value is -2.67. The molecule has 33 heavy (non-hydrogen) atoms. The third-order valence-corrected chi connectivity index (χ3v) is 8.13. The highest BCUT2D eigenvalue weighted by Gasteiger charge is 2.51. The molecule has 0 saturated carbocycles. The van der Waals surface area contributed by atoms with E-state index < -0.39 is 0 Å². The van der Waals surface area contributed by atoms with Crippen LogP contribution in [-0.2, 0) is 4.79 Å². The number of piperidine rings is 2. The van der Waals surface area contributed by atoms with Crippen molar-refractivity contribution in [1.82, 2.24) is 19.7 Å². The summed E-state index contributed by atoms with van der Waals surface area (Å²) in [6.45, 7) is 8.06. The van der Waals surface area contributed by atoms with Gasteiger partial charge in [0.25, 0.3) is 5.91 Å². The van der Waals surface area contributed by atoms with E-state index in [2.05, 4.69) is 9.88 Å². The van der Waals surface area contributed by atoms with E-state index in [-0.39, 0.29) is 23.1 Å². The summed E-state index contributed by atoms with van der Waals surface area (Å²) in [5, 5.41) is 0. The number of likely N-dealkylation sites (tertiary alicyclic amines) is 3. The van der Waals surface area contributed by atoms with E-state index >= 15 is 0 Å². The van der Waals surface area contributed by atoms with Gasteiger partial charge in [0.05, 0.1) is 12.1 Å². The number of carbonyl (C=O) groups excluding carboxylic acids is 2. The molecule has 3 aliphatic rings. The summed E-state index contributed by atoms with van der Waals surface area (Å²) in [6.07, 6.45) is 7.65. The summed E-state index contributed by atoms with van der Waals surface area (Å²) in [4.78, 5) is 35.9. The second-order valence-corrected chi connectivity index (χ2v) is 10.1. The summed E-state index contributed by atoms with van der Waals surface area (Å²) in [5.41, 5.74) is 0.763. The van der Waals surface area contributed by atoms with Gasteiger partial charge in [-0.05, 0) is 56.8 Å². The average molecular weight is 451 g/mol. The van der Waals surface area contributed by atoms with Crippen molar-refractivity contribution in [3.05, 3.63) is 54.2 Å². The SMILES string of the molecule is CC(=O)N1CCC(CN2CCC3(CC2)CN(C(=O)c2ccccc2)CC3c2ncco2)CC1. The minimum atomic E-state index is 0.0176. The predicted octanol–water partition coefficient (Wildman–Crippen LogP) is 3.25. The molecule has 176 valence electrons. The van der Waals surface area contributed by atoms with Crippen molar-refractivity contribution in [2.24, 2.45) is 11.3 Å². The van der Waals surface area contributed by atoms with Crippen molar-refractivity contribution < 1.29 is 14.0 Å². The largest absolute Gasteiger partial charge is 0.449 e. The number of amides is 2. The fourth-order valence-electron chi connectivity index (χ4n) is 6.12. The zero-order valence-electron chi connectivity index (χ0n) is 19.5. The Balaban J connectivity index is 1.24. The predicted molar refractivity (Wildman–Crippen MR) is 125 cm³/mol. The molecule has 2 amide bonds. The van der Waals surface area contributed by atoms with Gasteiger partial charge in [0.1, 0.15) is 6.26 Å². The molecule has 7 nitrogen and oxygen atoms in total. The Morgan fingerprint density at radius 2 is 1.79 bits per heavy atom. The van der Waals surface area contributed by atoms with Crippen LogP contribution in [-0.4, -0.2) is 77.3 Å². The summed E-state index contributed by atoms with van der Waals surface area (Å²) < 4.78 is 5.76. The Morgan fingerprint density at radius 3 is 2.42 bits per heavy atom. The summed E-state index contributed by atoms with van der Waals surface area (Å²) in [7, 11) is 0. The second-order valence-electron chi connectivity index (χ2n) is 10.1. The number of oxazole rings is 1. The normalized spacial score (nSPS) is 23.8. The number of aromatic nitrogens is 1. The lowest BCUT2D eigenvalue weighted by Crippen LogP contribution is -2.47. The maximum absolute atomic E-state index is 13.2. The van der Waals surface area contributed by atoms with Gasteiger partial charge in [-0.1, -0.05) is 18.2 Å². The summed E-state index contributed by atoms with van der Waals surface area (Å²) in [5.74, 6) is 1.87. The van der Waals surface area contributed by atoms with Gasteiger partial charge in [0.2, 0.25) is 5.91 Å². The van der Waals surface area contributed by atoms with Gasteiger partial charge in [0.15, 0.2) is 5.89 Å². The lowest BCUT2D eigenvalue weighted by Gasteiger charge is -2.43. The molecule has 1 spiro atoms. The molecule has 0 aliphatic carbocycles. The smallest absolute Gasteiger partial charge is 0.253 e. The van der Waals surface area contributed by atoms with Gasteiger partial charge < -0.3 is 19.1 Å². The Bertz CT molecular complexity index is 945. The molecule has 4 heterocycles. The van der Waals surface area contributed by atoms with E-state index in [1.54, 1.807) is 19.4 Å². The van der Waals surface area contributed by atoms with Crippen LogP contribution in [0.4, 0.5) is 0 Å². The molecule has 0 bridgehead atoms. The van der Waals surface area contributed by atoms with E-state index in [0.717, 1.165) is 76.4 Å². The van der Waals surface area contributed by atoms with Crippen LogP contribution in [0.25, 0.3) is 0 Å². The van der Waals surface area contributed by atoms with Crippen LogP contribution in [0.5, 0.6) is 0 Å². The molecule has 3 fully saturated rings. The molecule has 5 rings (SSSR count). The Morgan fingerprint density at radius 1 is 1.06 bits per heavy atom. The van der Waals surface area contributed by atoms with E-state index in [1.807, 2.05) is 40.1 Å². The van der Waals surface area contributed by atoms with Crippen LogP contribution < -0.4 is 0 Å². The van der Waals surface area contributed by atoms with Crippen LogP contribution in [0, 0.1) is 11.3 Å². The number of carbonyl (C=O) groups is 2. The Kier molecular flexibility index (Phi) is 6.23. The Labute approximate surface area is 195 Å². The van der Waals surface area contributed by atoms with Crippen LogP contribution in [0.15, 0.2) is 47.2 Å². The third-order valence-electron chi connectivity index (χ3n) is 8.13. The van der Waals surface area contributed by atoms with E-state index in [1.165, 1.54) is 0 Å². The lowest BCUT2D eigenvalue weighted by atomic mass is 9.70. The minimum Gasteiger partial charge on any atom is -0.449 e. The number of hydrogen-bond donors (Lipinski definition) is 0. The van der Waals surface area contributed by atoms with Gasteiger partial charge in [-0.15, -0.1) is 0 Å². The van der Waals surface area contributed by atoms with Crippen LogP contribution >= 0.6 is 0 Å². The van der Waals surface area contributed by atoms with Gasteiger partial charge in [0, 0.05) is 50.6 Å². The van der Waals surface area contributed by atoms with Gasteiger partial charge >= 0.3 is 0 Å². The molecule has 3 aliphatic heterocycles. The van der Waals surface area contributed by atoms with Crippen molar-refractivity contribution in [3.63, 3.8) is 0 Å². The topological polar surface area (TPSA) is 69.9 Å². The first-order valence-corrected chi connectivity index (χ1v) is 12.3. The van der Waals surface area contributed by atoms with Crippen molar-refractivity contribution >= 4 is 11.8 Å². The monoisotopic (exact) mass is 450 g/mol. The average Bonchev–Trinajstić information content (AvgIpc) is 3.50. The van der Waals surface area contributed by atoms with Crippen molar-refractivity contribution in [2.45, 2.75) is 38.5 Å². The first-order chi connectivity index (χ1) is 16.0. The zero-order valence-corrected chi connectivity index (χ0v) is 19.5.